The molecule has 1 fully saturated rings. The van der Waals surface area contributed by atoms with Crippen molar-refractivity contribution in [2.45, 2.75) is 13.0 Å². The molecule has 4 heteroatoms. The van der Waals surface area contributed by atoms with E-state index in [4.69, 9.17) is 14.2 Å². The molecule has 4 nitrogen and oxygen atoms in total. The Kier molecular flexibility index (Phi) is 4.74. The molecule has 2 aromatic rings. The Morgan fingerprint density at radius 1 is 1.13 bits per heavy atom. The summed E-state index contributed by atoms with van der Waals surface area (Å²) in [5, 5.41) is 0. The van der Waals surface area contributed by atoms with Gasteiger partial charge in [0.1, 0.15) is 12.7 Å². The predicted molar refractivity (Wildman–Crippen MR) is 87.4 cm³/mol. The minimum Gasteiger partial charge on any atom is -0.487 e. The molecule has 0 aromatic heterocycles. The molecular formula is C19H18O4. The number of para-hydroxylation sites is 2. The Bertz CT molecular complexity index is 702. The van der Waals surface area contributed by atoms with Crippen molar-refractivity contribution in [3.63, 3.8) is 0 Å². The van der Waals surface area contributed by atoms with Crippen LogP contribution in [0.3, 0.4) is 0 Å². The van der Waals surface area contributed by atoms with Gasteiger partial charge in [0, 0.05) is 6.92 Å². The summed E-state index contributed by atoms with van der Waals surface area (Å²) in [4.78, 5) is 11.9. The maximum Gasteiger partial charge on any atom is 0.194 e. The number of hydrogen-bond donors (Lipinski definition) is 0. The van der Waals surface area contributed by atoms with Gasteiger partial charge in [0.25, 0.3) is 0 Å². The van der Waals surface area contributed by atoms with E-state index in [0.717, 1.165) is 12.2 Å². The summed E-state index contributed by atoms with van der Waals surface area (Å²) in [5.74, 6) is 1.25. The smallest absolute Gasteiger partial charge is 0.194 e. The summed E-state index contributed by atoms with van der Waals surface area (Å²) in [6, 6.07) is 16.9. The van der Waals surface area contributed by atoms with E-state index < -0.39 is 0 Å². The maximum absolute atomic E-state index is 11.9. The van der Waals surface area contributed by atoms with Gasteiger partial charge in [0.2, 0.25) is 0 Å². The molecule has 0 spiro atoms. The molecule has 1 aliphatic rings. The van der Waals surface area contributed by atoms with Crippen LogP contribution >= 0.6 is 0 Å². The third kappa shape index (κ3) is 4.44. The maximum atomic E-state index is 11.9. The van der Waals surface area contributed by atoms with Crippen LogP contribution in [0.4, 0.5) is 0 Å². The molecule has 1 aliphatic heterocycles. The van der Waals surface area contributed by atoms with Gasteiger partial charge in [0.05, 0.1) is 6.61 Å². The van der Waals surface area contributed by atoms with Crippen molar-refractivity contribution in [1.29, 1.82) is 0 Å². The van der Waals surface area contributed by atoms with E-state index in [9.17, 15) is 4.79 Å². The zero-order valence-electron chi connectivity index (χ0n) is 12.9. The molecule has 0 amide bonds. The van der Waals surface area contributed by atoms with Gasteiger partial charge in [-0.2, -0.15) is 0 Å². The molecule has 118 valence electrons. The van der Waals surface area contributed by atoms with Crippen molar-refractivity contribution in [2.75, 3.05) is 13.2 Å². The Morgan fingerprint density at radius 2 is 1.78 bits per heavy atom. The second-order valence-corrected chi connectivity index (χ2v) is 5.29. The fourth-order valence-corrected chi connectivity index (χ4v) is 2.02. The van der Waals surface area contributed by atoms with Crippen LogP contribution in [-0.2, 0) is 9.53 Å². The number of carbonyl (C=O) groups excluding carboxylic acids is 1. The first-order valence-electron chi connectivity index (χ1n) is 7.51. The van der Waals surface area contributed by atoms with Crippen LogP contribution in [0.1, 0.15) is 12.5 Å². The predicted octanol–water partition coefficient (Wildman–Crippen LogP) is 3.47. The summed E-state index contributed by atoms with van der Waals surface area (Å²) in [6.45, 7) is 2.70. The molecule has 1 saturated heterocycles. The van der Waals surface area contributed by atoms with Gasteiger partial charge in [0.15, 0.2) is 23.0 Å². The lowest BCUT2D eigenvalue weighted by Gasteiger charge is -2.12. The SMILES string of the molecule is CC(=O)C(=Cc1ccccc1)Oc1ccccc1OCC1CO1. The Labute approximate surface area is 135 Å². The zero-order chi connectivity index (χ0) is 16.1. The number of carbonyl (C=O) groups is 1. The molecule has 23 heavy (non-hydrogen) atoms. The van der Waals surface area contributed by atoms with Gasteiger partial charge < -0.3 is 14.2 Å². The van der Waals surface area contributed by atoms with Crippen LogP contribution in [0.5, 0.6) is 11.5 Å². The summed E-state index contributed by atoms with van der Waals surface area (Å²) >= 11 is 0. The molecule has 1 atom stereocenters. The standard InChI is InChI=1S/C19H18O4/c1-14(20)19(11-15-7-3-2-4-8-15)23-18-10-6-5-9-17(18)22-13-16-12-21-16/h2-11,16H,12-13H2,1H3. The normalized spacial score (nSPS) is 16.7. The third-order valence-corrected chi connectivity index (χ3v) is 3.34. The number of epoxide rings is 1. The lowest BCUT2D eigenvalue weighted by atomic mass is 10.2. The van der Waals surface area contributed by atoms with E-state index >= 15 is 0 Å². The lowest BCUT2D eigenvalue weighted by Crippen LogP contribution is -2.08. The minimum atomic E-state index is -0.144. The molecule has 0 N–H and O–H groups in total. The van der Waals surface area contributed by atoms with Gasteiger partial charge in [-0.05, 0) is 23.8 Å². The number of allylic oxidation sites excluding steroid dienone is 1. The van der Waals surface area contributed by atoms with Crippen molar-refractivity contribution in [1.82, 2.24) is 0 Å². The van der Waals surface area contributed by atoms with E-state index in [1.165, 1.54) is 6.92 Å². The first-order chi connectivity index (χ1) is 11.2. The van der Waals surface area contributed by atoms with Crippen molar-refractivity contribution < 1.29 is 19.0 Å². The highest BCUT2D eigenvalue weighted by atomic mass is 16.6. The van der Waals surface area contributed by atoms with Crippen LogP contribution in [0.2, 0.25) is 0 Å². The molecule has 1 heterocycles. The molecular weight excluding hydrogens is 292 g/mol. The highest BCUT2D eigenvalue weighted by molar-refractivity contribution is 5.96. The zero-order valence-corrected chi connectivity index (χ0v) is 12.9. The highest BCUT2D eigenvalue weighted by Gasteiger charge is 2.23. The number of hydrogen-bond acceptors (Lipinski definition) is 4. The van der Waals surface area contributed by atoms with Crippen LogP contribution < -0.4 is 9.47 Å². The van der Waals surface area contributed by atoms with E-state index in [-0.39, 0.29) is 17.6 Å². The van der Waals surface area contributed by atoms with Gasteiger partial charge in [-0.25, -0.2) is 0 Å². The van der Waals surface area contributed by atoms with E-state index in [1.807, 2.05) is 48.5 Å². The van der Waals surface area contributed by atoms with Crippen LogP contribution in [0, 0.1) is 0 Å². The largest absolute Gasteiger partial charge is 0.487 e. The molecule has 1 unspecified atom stereocenters. The number of ether oxygens (including phenoxy) is 3. The van der Waals surface area contributed by atoms with Crippen molar-refractivity contribution in [3.05, 3.63) is 65.9 Å². The van der Waals surface area contributed by atoms with E-state index in [1.54, 1.807) is 12.1 Å². The summed E-state index contributed by atoms with van der Waals surface area (Å²) in [6.07, 6.45) is 1.89. The van der Waals surface area contributed by atoms with Crippen molar-refractivity contribution in [3.8, 4) is 11.5 Å². The fourth-order valence-electron chi connectivity index (χ4n) is 2.02. The Morgan fingerprint density at radius 3 is 2.43 bits per heavy atom. The topological polar surface area (TPSA) is 48.1 Å². The molecule has 0 aliphatic carbocycles. The Hall–Kier alpha value is -2.59. The lowest BCUT2D eigenvalue weighted by molar-refractivity contribution is -0.115. The van der Waals surface area contributed by atoms with E-state index in [0.29, 0.717) is 18.1 Å². The second kappa shape index (κ2) is 7.11. The van der Waals surface area contributed by atoms with Crippen LogP contribution in [-0.4, -0.2) is 25.1 Å². The number of rotatable bonds is 7. The second-order valence-electron chi connectivity index (χ2n) is 5.29. The molecule has 3 rings (SSSR count). The first kappa shape index (κ1) is 15.3. The highest BCUT2D eigenvalue weighted by Crippen LogP contribution is 2.29. The summed E-state index contributed by atoms with van der Waals surface area (Å²) < 4.78 is 16.6. The monoisotopic (exact) mass is 310 g/mol. The van der Waals surface area contributed by atoms with Gasteiger partial charge >= 0.3 is 0 Å². The quantitative estimate of drug-likeness (QED) is 0.446. The van der Waals surface area contributed by atoms with Crippen molar-refractivity contribution >= 4 is 11.9 Å². The number of ketones is 1. The average Bonchev–Trinajstić information content (AvgIpc) is 3.38. The van der Waals surface area contributed by atoms with Gasteiger partial charge in [-0.15, -0.1) is 0 Å². The average molecular weight is 310 g/mol. The summed E-state index contributed by atoms with van der Waals surface area (Å²) in [7, 11) is 0. The summed E-state index contributed by atoms with van der Waals surface area (Å²) in [5.41, 5.74) is 0.905. The van der Waals surface area contributed by atoms with Crippen LogP contribution in [0.25, 0.3) is 6.08 Å². The molecule has 0 bridgehead atoms. The van der Waals surface area contributed by atoms with E-state index in [2.05, 4.69) is 0 Å². The fraction of sp³-hybridized carbons (Fsp3) is 0.211. The van der Waals surface area contributed by atoms with Gasteiger partial charge in [-0.1, -0.05) is 42.5 Å². The molecule has 0 radical (unpaired) electrons. The van der Waals surface area contributed by atoms with Gasteiger partial charge in [-0.3, -0.25) is 4.79 Å². The third-order valence-electron chi connectivity index (χ3n) is 3.34. The minimum absolute atomic E-state index is 0.144. The molecule has 2 aromatic carbocycles. The Balaban J connectivity index is 1.80. The first-order valence-corrected chi connectivity index (χ1v) is 7.51. The number of Topliss-reactive ketones (excluding diaryl/α,β-unsaturated/α-hetero) is 1. The number of benzene rings is 2. The molecule has 0 saturated carbocycles. The van der Waals surface area contributed by atoms with Crippen molar-refractivity contribution in [2.24, 2.45) is 0 Å². The van der Waals surface area contributed by atoms with Crippen LogP contribution in [0.15, 0.2) is 60.4 Å².